The summed E-state index contributed by atoms with van der Waals surface area (Å²) in [4.78, 5) is 12.1. The summed E-state index contributed by atoms with van der Waals surface area (Å²) in [6.07, 6.45) is 1.71. The molecule has 24 heavy (non-hydrogen) atoms. The number of nitrogens with one attached hydrogen (secondary N) is 2. The lowest BCUT2D eigenvalue weighted by atomic mass is 10.3. The molecule has 7 nitrogen and oxygen atoms in total. The molecule has 0 aliphatic heterocycles. The summed E-state index contributed by atoms with van der Waals surface area (Å²) in [6.45, 7) is 5.95. The number of carbonyl (C=O) groups is 1. The number of halogens is 1. The number of sulfonamides is 1. The van der Waals surface area contributed by atoms with Crippen LogP contribution in [0.2, 0.25) is 0 Å². The second-order valence-corrected chi connectivity index (χ2v) is 6.56. The van der Waals surface area contributed by atoms with Gasteiger partial charge in [-0.05, 0) is 31.5 Å². The lowest BCUT2D eigenvalue weighted by molar-refractivity contribution is -0.126. The van der Waals surface area contributed by atoms with Crippen molar-refractivity contribution in [2.45, 2.75) is 24.3 Å². The number of hydrogen-bond donors (Lipinski definition) is 3. The summed E-state index contributed by atoms with van der Waals surface area (Å²) in [5.74, 6) is -0.349. The van der Waals surface area contributed by atoms with Gasteiger partial charge >= 0.3 is 0 Å². The third-order valence-corrected chi connectivity index (χ3v) is 4.37. The Morgan fingerprint density at radius 1 is 1.46 bits per heavy atom. The molecule has 1 unspecified atom stereocenters. The van der Waals surface area contributed by atoms with E-state index in [0.717, 1.165) is 0 Å². The maximum Gasteiger partial charge on any atom is 0.253 e. The molecule has 0 bridgehead atoms. The van der Waals surface area contributed by atoms with Gasteiger partial charge in [0.25, 0.3) is 5.91 Å². The van der Waals surface area contributed by atoms with Crippen molar-refractivity contribution in [1.29, 1.82) is 0 Å². The average molecular weight is 378 g/mol. The second-order valence-electron chi connectivity index (χ2n) is 4.79. The molecule has 0 saturated heterocycles. The molecule has 0 aromatic heterocycles. The third kappa shape index (κ3) is 7.41. The Labute approximate surface area is 149 Å². The zero-order valence-corrected chi connectivity index (χ0v) is 15.2. The van der Waals surface area contributed by atoms with Crippen LogP contribution in [0.25, 0.3) is 0 Å². The summed E-state index contributed by atoms with van der Waals surface area (Å²) < 4.78 is 31.8. The number of amides is 1. The lowest BCUT2D eigenvalue weighted by Crippen LogP contribution is -2.30. The molecule has 1 atom stereocenters. The van der Waals surface area contributed by atoms with E-state index in [4.69, 9.17) is 10.5 Å². The van der Waals surface area contributed by atoms with Crippen molar-refractivity contribution in [3.8, 4) is 0 Å². The quantitative estimate of drug-likeness (QED) is 0.420. The summed E-state index contributed by atoms with van der Waals surface area (Å²) in [6, 6.07) is 5.98. The van der Waals surface area contributed by atoms with Gasteiger partial charge in [0, 0.05) is 18.8 Å². The smallest absolute Gasteiger partial charge is 0.253 e. The van der Waals surface area contributed by atoms with Crippen LogP contribution in [0, 0.1) is 0 Å². The molecule has 0 fully saturated rings. The van der Waals surface area contributed by atoms with Gasteiger partial charge in [0.2, 0.25) is 10.0 Å². The van der Waals surface area contributed by atoms with E-state index in [9.17, 15) is 13.2 Å². The van der Waals surface area contributed by atoms with Crippen LogP contribution in [0.1, 0.15) is 13.3 Å². The maximum absolute atomic E-state index is 12.0. The van der Waals surface area contributed by atoms with Crippen molar-refractivity contribution < 1.29 is 17.9 Å². The van der Waals surface area contributed by atoms with Crippen molar-refractivity contribution in [1.82, 2.24) is 4.72 Å². The topological polar surface area (TPSA) is 111 Å². The molecule has 0 aliphatic carbocycles. The first-order valence-corrected chi connectivity index (χ1v) is 8.72. The molecule has 9 heteroatoms. The highest BCUT2D eigenvalue weighted by atomic mass is 35.5. The van der Waals surface area contributed by atoms with E-state index in [-0.39, 0.29) is 36.3 Å². The van der Waals surface area contributed by atoms with Gasteiger partial charge in [-0.2, -0.15) is 0 Å². The molecule has 0 radical (unpaired) electrons. The molecule has 1 aromatic rings. The van der Waals surface area contributed by atoms with Crippen LogP contribution in [-0.2, 0) is 19.6 Å². The molecule has 4 N–H and O–H groups in total. The number of rotatable bonds is 10. The number of hydrogen-bond acceptors (Lipinski definition) is 5. The van der Waals surface area contributed by atoms with Crippen LogP contribution in [-0.4, -0.2) is 40.1 Å². The van der Waals surface area contributed by atoms with E-state index in [0.29, 0.717) is 18.7 Å². The Kier molecular flexibility index (Phi) is 10.5. The summed E-state index contributed by atoms with van der Waals surface area (Å²) >= 11 is 0. The Hall–Kier alpha value is -1.45. The van der Waals surface area contributed by atoms with Crippen LogP contribution in [0.5, 0.6) is 0 Å². The Morgan fingerprint density at radius 3 is 2.79 bits per heavy atom. The molecule has 1 amide bonds. The molecule has 0 aliphatic rings. The molecule has 0 spiro atoms. The first-order chi connectivity index (χ1) is 10.9. The van der Waals surface area contributed by atoms with E-state index < -0.39 is 16.1 Å². The lowest BCUT2D eigenvalue weighted by Gasteiger charge is -2.13. The zero-order valence-electron chi connectivity index (χ0n) is 13.5. The van der Waals surface area contributed by atoms with Gasteiger partial charge in [-0.15, -0.1) is 19.0 Å². The van der Waals surface area contributed by atoms with E-state index in [1.165, 1.54) is 12.1 Å². The molecule has 1 aromatic carbocycles. The number of nitrogens with two attached hydrogens (primary N) is 1. The van der Waals surface area contributed by atoms with Gasteiger partial charge in [-0.1, -0.05) is 12.1 Å². The number of carbonyl (C=O) groups excluding carboxylic acids is 1. The average Bonchev–Trinajstić information content (AvgIpc) is 2.53. The van der Waals surface area contributed by atoms with Crippen molar-refractivity contribution in [2.75, 3.05) is 25.0 Å². The molecule has 0 saturated carbocycles. The van der Waals surface area contributed by atoms with Crippen molar-refractivity contribution >= 4 is 34.0 Å². The second kappa shape index (κ2) is 11.2. The fourth-order valence-corrected chi connectivity index (χ4v) is 2.76. The van der Waals surface area contributed by atoms with Gasteiger partial charge in [-0.25, -0.2) is 13.1 Å². The Balaban J connectivity index is 0.00000529. The monoisotopic (exact) mass is 377 g/mol. The highest BCUT2D eigenvalue weighted by molar-refractivity contribution is 7.89. The molecule has 136 valence electrons. The summed E-state index contributed by atoms with van der Waals surface area (Å²) in [5, 5.41) is 2.63. The van der Waals surface area contributed by atoms with Crippen molar-refractivity contribution in [3.63, 3.8) is 0 Å². The molecular formula is C15H24ClN3O4S. The van der Waals surface area contributed by atoms with E-state index in [1.54, 1.807) is 25.1 Å². The fourth-order valence-electron chi connectivity index (χ4n) is 1.67. The minimum Gasteiger partial charge on any atom is -0.368 e. The normalized spacial score (nSPS) is 12.1. The SMILES string of the molecule is C=CCCOC(C)C(=O)Nc1cccc(S(=O)(=O)NCCN)c1.Cl. The highest BCUT2D eigenvalue weighted by Crippen LogP contribution is 2.15. The van der Waals surface area contributed by atoms with E-state index in [1.807, 2.05) is 0 Å². The Bertz CT molecular complexity index is 637. The third-order valence-electron chi connectivity index (χ3n) is 2.91. The van der Waals surface area contributed by atoms with E-state index in [2.05, 4.69) is 16.6 Å². The standard InChI is InChI=1S/C15H23N3O4S.ClH/c1-3-4-10-22-12(2)15(19)18-13-6-5-7-14(11-13)23(20,21)17-9-8-16;/h3,5-7,11-12,17H,1,4,8-10,16H2,2H3,(H,18,19);1H. The highest BCUT2D eigenvalue weighted by Gasteiger charge is 2.16. The first-order valence-electron chi connectivity index (χ1n) is 7.24. The van der Waals surface area contributed by atoms with Gasteiger partial charge in [0.15, 0.2) is 0 Å². The van der Waals surface area contributed by atoms with Gasteiger partial charge in [0.1, 0.15) is 6.10 Å². The summed E-state index contributed by atoms with van der Waals surface area (Å²) in [5.41, 5.74) is 5.67. The molecular weight excluding hydrogens is 354 g/mol. The van der Waals surface area contributed by atoms with Crippen LogP contribution in [0.4, 0.5) is 5.69 Å². The number of benzene rings is 1. The minimum absolute atomic E-state index is 0. The first kappa shape index (κ1) is 22.6. The van der Waals surface area contributed by atoms with Gasteiger partial charge in [0.05, 0.1) is 11.5 Å². The van der Waals surface area contributed by atoms with Gasteiger partial charge < -0.3 is 15.8 Å². The fraction of sp³-hybridized carbons (Fsp3) is 0.400. The minimum atomic E-state index is -3.64. The van der Waals surface area contributed by atoms with Crippen molar-refractivity contribution in [2.24, 2.45) is 5.73 Å². The maximum atomic E-state index is 12.0. The number of ether oxygens (including phenoxy) is 1. The van der Waals surface area contributed by atoms with E-state index >= 15 is 0 Å². The zero-order chi connectivity index (χ0) is 17.3. The predicted octanol–water partition coefficient (Wildman–Crippen LogP) is 1.27. The van der Waals surface area contributed by atoms with Crippen LogP contribution in [0.15, 0.2) is 41.8 Å². The van der Waals surface area contributed by atoms with Crippen LogP contribution >= 0.6 is 12.4 Å². The summed E-state index contributed by atoms with van der Waals surface area (Å²) in [7, 11) is -3.64. The molecule has 1 rings (SSSR count). The molecule has 0 heterocycles. The number of anilines is 1. The van der Waals surface area contributed by atoms with Crippen LogP contribution in [0.3, 0.4) is 0 Å². The predicted molar refractivity (Wildman–Crippen MR) is 96.8 cm³/mol. The van der Waals surface area contributed by atoms with Crippen molar-refractivity contribution in [3.05, 3.63) is 36.9 Å². The van der Waals surface area contributed by atoms with Crippen LogP contribution < -0.4 is 15.8 Å². The largest absolute Gasteiger partial charge is 0.368 e. The van der Waals surface area contributed by atoms with Gasteiger partial charge in [-0.3, -0.25) is 4.79 Å². The Morgan fingerprint density at radius 2 is 2.17 bits per heavy atom.